The molecule has 1 amide bonds. The lowest BCUT2D eigenvalue weighted by atomic mass is 9.76. The largest absolute Gasteiger partial charge is 0.323 e. The number of anilines is 1. The molecule has 3 nitrogen and oxygen atoms in total. The molecule has 1 heterocycles. The van der Waals surface area contributed by atoms with Crippen molar-refractivity contribution in [1.29, 1.82) is 0 Å². The Labute approximate surface area is 120 Å². The smallest absolute Gasteiger partial charge is 0.231 e. The predicted octanol–water partition coefficient (Wildman–Crippen LogP) is 3.24. The molecule has 0 aliphatic carbocycles. The second kappa shape index (κ2) is 6.35. The summed E-state index contributed by atoms with van der Waals surface area (Å²) < 4.78 is 13.9. The Morgan fingerprint density at radius 1 is 1.50 bits per heavy atom. The van der Waals surface area contributed by atoms with Crippen molar-refractivity contribution >= 4 is 11.6 Å². The Morgan fingerprint density at radius 2 is 2.30 bits per heavy atom. The van der Waals surface area contributed by atoms with E-state index in [2.05, 4.69) is 17.6 Å². The van der Waals surface area contributed by atoms with E-state index >= 15 is 0 Å². The number of hydrogen-bond donors (Lipinski definition) is 2. The van der Waals surface area contributed by atoms with E-state index < -0.39 is 5.41 Å². The van der Waals surface area contributed by atoms with Gasteiger partial charge in [-0.3, -0.25) is 4.79 Å². The van der Waals surface area contributed by atoms with E-state index in [4.69, 9.17) is 0 Å². The van der Waals surface area contributed by atoms with E-state index in [9.17, 15) is 9.18 Å². The number of amides is 1. The lowest BCUT2D eigenvalue weighted by Crippen LogP contribution is -2.48. The highest BCUT2D eigenvalue weighted by Gasteiger charge is 2.38. The third-order valence-electron chi connectivity index (χ3n) is 4.06. The Kier molecular flexibility index (Phi) is 4.76. The van der Waals surface area contributed by atoms with Gasteiger partial charge in [-0.05, 0) is 50.4 Å². The van der Waals surface area contributed by atoms with Crippen LogP contribution < -0.4 is 10.6 Å². The maximum Gasteiger partial charge on any atom is 0.231 e. The molecule has 1 aromatic carbocycles. The van der Waals surface area contributed by atoms with E-state index in [1.807, 2.05) is 13.0 Å². The molecule has 0 bridgehead atoms. The quantitative estimate of drug-likeness (QED) is 0.887. The van der Waals surface area contributed by atoms with Gasteiger partial charge in [-0.25, -0.2) is 4.39 Å². The number of hydrogen-bond acceptors (Lipinski definition) is 2. The maximum atomic E-state index is 13.9. The number of aryl methyl sites for hydroxylation is 1. The van der Waals surface area contributed by atoms with Crippen LogP contribution in [0, 0.1) is 18.2 Å². The molecule has 2 N–H and O–H groups in total. The minimum atomic E-state index is -0.398. The molecule has 1 aromatic rings. The average molecular weight is 278 g/mol. The number of rotatable bonds is 4. The normalized spacial score (nSPS) is 22.6. The highest BCUT2D eigenvalue weighted by atomic mass is 19.1. The molecule has 4 heteroatoms. The number of benzene rings is 1. The van der Waals surface area contributed by atoms with Gasteiger partial charge in [0.2, 0.25) is 5.91 Å². The van der Waals surface area contributed by atoms with Gasteiger partial charge in [0.15, 0.2) is 0 Å². The number of carbonyl (C=O) groups excluding carboxylic acids is 1. The molecule has 1 unspecified atom stereocenters. The van der Waals surface area contributed by atoms with Crippen molar-refractivity contribution in [3.63, 3.8) is 0 Å². The van der Waals surface area contributed by atoms with E-state index in [1.54, 1.807) is 6.07 Å². The van der Waals surface area contributed by atoms with Crippen molar-refractivity contribution in [2.45, 2.75) is 39.5 Å². The summed E-state index contributed by atoms with van der Waals surface area (Å²) in [5, 5.41) is 6.08. The summed E-state index contributed by atoms with van der Waals surface area (Å²) in [6.07, 6.45) is 3.64. The first-order valence-corrected chi connectivity index (χ1v) is 7.36. The lowest BCUT2D eigenvalue weighted by molar-refractivity contribution is -0.127. The Hall–Kier alpha value is -1.42. The summed E-state index contributed by atoms with van der Waals surface area (Å²) >= 11 is 0. The molecule has 1 atom stereocenters. The van der Waals surface area contributed by atoms with Crippen LogP contribution in [0.25, 0.3) is 0 Å². The van der Waals surface area contributed by atoms with Crippen molar-refractivity contribution in [2.75, 3.05) is 18.4 Å². The third kappa shape index (κ3) is 3.18. The van der Waals surface area contributed by atoms with Crippen LogP contribution in [-0.4, -0.2) is 19.0 Å². The molecule has 20 heavy (non-hydrogen) atoms. The lowest BCUT2D eigenvalue weighted by Gasteiger charge is -2.36. The molecule has 1 aliphatic heterocycles. The van der Waals surface area contributed by atoms with Gasteiger partial charge in [-0.15, -0.1) is 0 Å². The molecule has 110 valence electrons. The molecule has 0 aromatic heterocycles. The highest BCUT2D eigenvalue weighted by Crippen LogP contribution is 2.33. The number of halogens is 1. The Balaban J connectivity index is 2.15. The van der Waals surface area contributed by atoms with Crippen molar-refractivity contribution < 1.29 is 9.18 Å². The summed E-state index contributed by atoms with van der Waals surface area (Å²) in [6.45, 7) is 5.55. The first-order valence-electron chi connectivity index (χ1n) is 7.36. The van der Waals surface area contributed by atoms with Crippen LogP contribution in [0.1, 0.15) is 38.2 Å². The Morgan fingerprint density at radius 3 is 2.90 bits per heavy atom. The number of nitrogens with one attached hydrogen (secondary N) is 2. The molecule has 0 spiro atoms. The van der Waals surface area contributed by atoms with E-state index in [-0.39, 0.29) is 17.4 Å². The van der Waals surface area contributed by atoms with Gasteiger partial charge < -0.3 is 10.6 Å². The predicted molar refractivity (Wildman–Crippen MR) is 79.2 cm³/mol. The molecular formula is C16H23FN2O. The van der Waals surface area contributed by atoms with E-state index in [0.717, 1.165) is 37.8 Å². The van der Waals surface area contributed by atoms with Crippen molar-refractivity contribution in [3.8, 4) is 0 Å². The van der Waals surface area contributed by atoms with Gasteiger partial charge in [-0.2, -0.15) is 0 Å². The second-order valence-electron chi connectivity index (χ2n) is 5.75. The zero-order valence-electron chi connectivity index (χ0n) is 12.3. The molecule has 2 rings (SSSR count). The molecule has 0 saturated carbocycles. The van der Waals surface area contributed by atoms with Crippen LogP contribution in [0.15, 0.2) is 18.2 Å². The van der Waals surface area contributed by atoms with Crippen molar-refractivity contribution in [1.82, 2.24) is 5.32 Å². The van der Waals surface area contributed by atoms with E-state index in [0.29, 0.717) is 6.54 Å². The molecule has 0 radical (unpaired) electrons. The summed E-state index contributed by atoms with van der Waals surface area (Å²) in [7, 11) is 0. The summed E-state index contributed by atoms with van der Waals surface area (Å²) in [6, 6.07) is 4.89. The van der Waals surface area contributed by atoms with Gasteiger partial charge in [0.1, 0.15) is 5.82 Å². The van der Waals surface area contributed by atoms with Gasteiger partial charge >= 0.3 is 0 Å². The van der Waals surface area contributed by atoms with Crippen LogP contribution in [0.2, 0.25) is 0 Å². The summed E-state index contributed by atoms with van der Waals surface area (Å²) in [5.74, 6) is -0.428. The standard InChI is InChI=1S/C16H23FN2O/c1-3-7-16(8-4-9-18-11-16)15(20)19-14-6-5-12(2)10-13(14)17/h5-6,10,18H,3-4,7-9,11H2,1-2H3,(H,19,20). The molecular weight excluding hydrogens is 255 g/mol. The zero-order chi connectivity index (χ0) is 14.6. The topological polar surface area (TPSA) is 41.1 Å². The number of piperidine rings is 1. The first kappa shape index (κ1) is 15.0. The van der Waals surface area contributed by atoms with Crippen molar-refractivity contribution in [3.05, 3.63) is 29.6 Å². The van der Waals surface area contributed by atoms with Crippen LogP contribution in [0.5, 0.6) is 0 Å². The second-order valence-corrected chi connectivity index (χ2v) is 5.75. The minimum absolute atomic E-state index is 0.0608. The summed E-state index contributed by atoms with van der Waals surface area (Å²) in [4.78, 5) is 12.6. The summed E-state index contributed by atoms with van der Waals surface area (Å²) in [5.41, 5.74) is 0.731. The first-order chi connectivity index (χ1) is 9.57. The molecule has 1 fully saturated rings. The van der Waals surface area contributed by atoms with Crippen LogP contribution in [-0.2, 0) is 4.79 Å². The maximum absolute atomic E-state index is 13.9. The van der Waals surface area contributed by atoms with Gasteiger partial charge in [-0.1, -0.05) is 19.4 Å². The number of carbonyl (C=O) groups is 1. The fourth-order valence-corrected chi connectivity index (χ4v) is 2.94. The van der Waals surface area contributed by atoms with Crippen LogP contribution in [0.4, 0.5) is 10.1 Å². The van der Waals surface area contributed by atoms with Gasteiger partial charge in [0, 0.05) is 6.54 Å². The zero-order valence-corrected chi connectivity index (χ0v) is 12.3. The fourth-order valence-electron chi connectivity index (χ4n) is 2.94. The SMILES string of the molecule is CCCC1(C(=O)Nc2ccc(C)cc2F)CCCNC1. The van der Waals surface area contributed by atoms with E-state index in [1.165, 1.54) is 6.07 Å². The monoisotopic (exact) mass is 278 g/mol. The third-order valence-corrected chi connectivity index (χ3v) is 4.06. The molecule has 1 aliphatic rings. The average Bonchev–Trinajstić information content (AvgIpc) is 2.43. The minimum Gasteiger partial charge on any atom is -0.323 e. The van der Waals surface area contributed by atoms with Crippen LogP contribution >= 0.6 is 0 Å². The van der Waals surface area contributed by atoms with Gasteiger partial charge in [0.05, 0.1) is 11.1 Å². The fraction of sp³-hybridized carbons (Fsp3) is 0.562. The van der Waals surface area contributed by atoms with Crippen LogP contribution in [0.3, 0.4) is 0 Å². The van der Waals surface area contributed by atoms with Gasteiger partial charge in [0.25, 0.3) is 0 Å². The van der Waals surface area contributed by atoms with Crippen molar-refractivity contribution in [2.24, 2.45) is 5.41 Å². The Bertz CT molecular complexity index is 476. The molecule has 1 saturated heterocycles. The highest BCUT2D eigenvalue weighted by molar-refractivity contribution is 5.95.